The summed E-state index contributed by atoms with van der Waals surface area (Å²) in [6.07, 6.45) is 8.77. The lowest BCUT2D eigenvalue weighted by Crippen LogP contribution is -2.17. The smallest absolute Gasteiger partial charge is 0.155 e. The van der Waals surface area contributed by atoms with E-state index >= 15 is 0 Å². The van der Waals surface area contributed by atoms with Gasteiger partial charge in [-0.2, -0.15) is 0 Å². The Morgan fingerprint density at radius 3 is 1.58 bits per heavy atom. The molecule has 4 nitrogen and oxygen atoms in total. The van der Waals surface area contributed by atoms with E-state index in [0.717, 1.165) is 34.8 Å². The quantitative estimate of drug-likeness (QED) is 0.154. The molecule has 2 atom stereocenters. The van der Waals surface area contributed by atoms with Gasteiger partial charge in [0.05, 0.1) is 28.8 Å². The maximum absolute atomic E-state index is 5.41. The molecule has 4 heteroatoms. The first-order valence-corrected chi connectivity index (χ1v) is 21.6. The minimum absolute atomic E-state index is 0.119. The number of aliphatic imine (C=N–C) groups is 2. The van der Waals surface area contributed by atoms with Crippen molar-refractivity contribution in [2.75, 3.05) is 0 Å². The molecule has 2 aromatic heterocycles. The van der Waals surface area contributed by atoms with E-state index in [0.29, 0.717) is 6.42 Å². The van der Waals surface area contributed by atoms with Crippen LogP contribution >= 0.6 is 0 Å². The highest BCUT2D eigenvalue weighted by Gasteiger charge is 2.25. The zero-order chi connectivity index (χ0) is 41.0. The molecule has 0 bridgehead atoms. The van der Waals surface area contributed by atoms with Crippen LogP contribution in [0.3, 0.4) is 0 Å². The minimum atomic E-state index is -0.119. The molecule has 294 valence electrons. The monoisotopic (exact) mass is 794 g/mol. The van der Waals surface area contributed by atoms with Crippen molar-refractivity contribution in [2.24, 2.45) is 9.98 Å². The zero-order valence-corrected chi connectivity index (χ0v) is 34.1. The van der Waals surface area contributed by atoms with Crippen LogP contribution in [-0.4, -0.2) is 20.7 Å². The fraction of sp³-hybridized carbons (Fsp3) is 0.0690. The second-order valence-electron chi connectivity index (χ2n) is 16.4. The topological polar surface area (TPSA) is 34.6 Å². The van der Waals surface area contributed by atoms with E-state index in [1.807, 2.05) is 6.07 Å². The summed E-state index contributed by atoms with van der Waals surface area (Å²) >= 11 is 0. The number of aromatic nitrogens is 2. The van der Waals surface area contributed by atoms with E-state index in [4.69, 9.17) is 9.98 Å². The number of hydrogen-bond acceptors (Lipinski definition) is 2. The van der Waals surface area contributed by atoms with Gasteiger partial charge in [0.1, 0.15) is 0 Å². The van der Waals surface area contributed by atoms with Gasteiger partial charge >= 0.3 is 0 Å². The van der Waals surface area contributed by atoms with Gasteiger partial charge in [0.15, 0.2) is 5.84 Å². The predicted octanol–water partition coefficient (Wildman–Crippen LogP) is 14.5. The fourth-order valence-corrected chi connectivity index (χ4v) is 9.82. The van der Waals surface area contributed by atoms with Crippen LogP contribution in [0.1, 0.15) is 47.2 Å². The Morgan fingerprint density at radius 1 is 0.452 bits per heavy atom. The second kappa shape index (κ2) is 15.0. The predicted molar refractivity (Wildman–Crippen MR) is 260 cm³/mol. The average Bonchev–Trinajstić information content (AvgIpc) is 3.87. The summed E-state index contributed by atoms with van der Waals surface area (Å²) in [6, 6.07) is 72.2. The number of fused-ring (bicyclic) bond motifs is 6. The average molecular weight is 795 g/mol. The Balaban J connectivity index is 0.967. The van der Waals surface area contributed by atoms with E-state index < -0.39 is 0 Å². The molecule has 3 heterocycles. The molecule has 0 spiro atoms. The van der Waals surface area contributed by atoms with Crippen LogP contribution in [0, 0.1) is 0 Å². The molecule has 10 aromatic rings. The van der Waals surface area contributed by atoms with Crippen molar-refractivity contribution in [1.82, 2.24) is 9.13 Å². The van der Waals surface area contributed by atoms with Crippen LogP contribution < -0.4 is 0 Å². The molecule has 0 N–H and O–H groups in total. The molecule has 2 unspecified atom stereocenters. The van der Waals surface area contributed by atoms with Gasteiger partial charge in [0.25, 0.3) is 0 Å². The van der Waals surface area contributed by atoms with Gasteiger partial charge in [0.2, 0.25) is 0 Å². The first-order chi connectivity index (χ1) is 30.7. The third-order valence-corrected chi connectivity index (χ3v) is 12.8. The van der Waals surface area contributed by atoms with Gasteiger partial charge in [-0.3, -0.25) is 4.99 Å². The molecule has 0 fully saturated rings. The number of hydrogen-bond donors (Lipinski definition) is 0. The van der Waals surface area contributed by atoms with Crippen molar-refractivity contribution in [1.29, 1.82) is 0 Å². The second-order valence-corrected chi connectivity index (χ2v) is 16.4. The van der Waals surface area contributed by atoms with Crippen LogP contribution in [0.25, 0.3) is 66.0 Å². The van der Waals surface area contributed by atoms with Gasteiger partial charge < -0.3 is 9.13 Å². The summed E-state index contributed by atoms with van der Waals surface area (Å²) in [7, 11) is 0. The normalized spacial score (nSPS) is 16.5. The number of para-hydroxylation sites is 4. The SMILES string of the molecule is C1=CC(n2c3ccccc3c3ccccc32)CC=C1c1cc(-c2ccc(-n3c4ccccc4c4ccccc43)cc2)cc(C2CC(c3ccccc3)=NC(c3ccccc3)=N2)c1. The molecule has 0 amide bonds. The summed E-state index contributed by atoms with van der Waals surface area (Å²) < 4.78 is 4.90. The Hall–Kier alpha value is -7.82. The number of amidine groups is 1. The van der Waals surface area contributed by atoms with Gasteiger partial charge in [-0.25, -0.2) is 4.99 Å². The molecule has 1 aliphatic carbocycles. The van der Waals surface area contributed by atoms with Crippen molar-refractivity contribution < 1.29 is 0 Å². The van der Waals surface area contributed by atoms with E-state index in [-0.39, 0.29) is 12.1 Å². The van der Waals surface area contributed by atoms with Gasteiger partial charge in [0, 0.05) is 50.2 Å². The highest BCUT2D eigenvalue weighted by atomic mass is 15.0. The standard InChI is InChI=1S/C58H42N4/c1-3-15-41(16-4-1)52-38-53(60-58(59-52)42-17-5-2-6-18-42)45-36-43(39-27-31-46(32-28-39)61-54-23-11-7-19-48(54)49-20-8-12-24-55(49)61)35-44(37-45)40-29-33-47(34-30-40)62-56-25-13-9-21-50(56)51-22-10-14-26-57(51)62/h1-33,35-37,47,53H,34,38H2. The maximum Gasteiger partial charge on any atom is 0.155 e. The summed E-state index contributed by atoms with van der Waals surface area (Å²) in [4.78, 5) is 10.6. The highest BCUT2D eigenvalue weighted by molar-refractivity contribution is 6.14. The first kappa shape index (κ1) is 36.1. The van der Waals surface area contributed by atoms with Crippen molar-refractivity contribution in [3.8, 4) is 16.8 Å². The Labute approximate surface area is 360 Å². The van der Waals surface area contributed by atoms with Gasteiger partial charge in [-0.05, 0) is 94.4 Å². The highest BCUT2D eigenvalue weighted by Crippen LogP contribution is 2.40. The van der Waals surface area contributed by atoms with Crippen molar-refractivity contribution >= 4 is 60.7 Å². The Morgan fingerprint density at radius 2 is 0.984 bits per heavy atom. The minimum Gasteiger partial charge on any atom is -0.333 e. The van der Waals surface area contributed by atoms with Gasteiger partial charge in [-0.15, -0.1) is 0 Å². The van der Waals surface area contributed by atoms with Crippen LogP contribution in [-0.2, 0) is 0 Å². The summed E-state index contributed by atoms with van der Waals surface area (Å²) in [5.74, 6) is 0.772. The Kier molecular flexibility index (Phi) is 8.74. The van der Waals surface area contributed by atoms with Crippen LogP contribution in [0.5, 0.6) is 0 Å². The van der Waals surface area contributed by atoms with E-state index in [1.54, 1.807) is 0 Å². The lowest BCUT2D eigenvalue weighted by molar-refractivity contribution is 0.649. The molecule has 1 aliphatic heterocycles. The lowest BCUT2D eigenvalue weighted by atomic mass is 9.88. The molecule has 12 rings (SSSR count). The van der Waals surface area contributed by atoms with Crippen LogP contribution in [0.15, 0.2) is 228 Å². The molecule has 0 saturated heterocycles. The van der Waals surface area contributed by atoms with E-state index in [2.05, 4.69) is 221 Å². The van der Waals surface area contributed by atoms with E-state index in [1.165, 1.54) is 71.4 Å². The number of rotatable bonds is 7. The van der Waals surface area contributed by atoms with Crippen molar-refractivity contribution in [3.63, 3.8) is 0 Å². The largest absolute Gasteiger partial charge is 0.333 e. The van der Waals surface area contributed by atoms with Crippen molar-refractivity contribution in [2.45, 2.75) is 24.9 Å². The summed E-state index contributed by atoms with van der Waals surface area (Å²) in [6.45, 7) is 0. The number of benzene rings is 8. The van der Waals surface area contributed by atoms with Crippen molar-refractivity contribution in [3.05, 3.63) is 241 Å². The zero-order valence-electron chi connectivity index (χ0n) is 34.1. The molecule has 0 radical (unpaired) electrons. The number of nitrogens with zero attached hydrogens (tertiary/aromatic N) is 4. The Bertz CT molecular complexity index is 3350. The fourth-order valence-electron chi connectivity index (χ4n) is 9.82. The van der Waals surface area contributed by atoms with Crippen LogP contribution in [0.4, 0.5) is 0 Å². The summed E-state index contributed by atoms with van der Waals surface area (Å²) in [5.41, 5.74) is 15.3. The van der Waals surface area contributed by atoms with Gasteiger partial charge in [-0.1, -0.05) is 164 Å². The third kappa shape index (κ3) is 6.22. The lowest BCUT2D eigenvalue weighted by Gasteiger charge is -2.24. The van der Waals surface area contributed by atoms with E-state index in [9.17, 15) is 0 Å². The van der Waals surface area contributed by atoms with Crippen LogP contribution in [0.2, 0.25) is 0 Å². The maximum atomic E-state index is 5.41. The summed E-state index contributed by atoms with van der Waals surface area (Å²) in [5, 5.41) is 5.13. The molecule has 62 heavy (non-hydrogen) atoms. The number of allylic oxidation sites excluding steroid dienone is 4. The molecule has 2 aliphatic rings. The molecule has 8 aromatic carbocycles. The molecule has 0 saturated carbocycles. The molecular weight excluding hydrogens is 753 g/mol. The first-order valence-electron chi connectivity index (χ1n) is 21.6. The molecular formula is C58H42N4. The third-order valence-electron chi connectivity index (χ3n) is 12.8.